The number of rotatable bonds is 2. The number of fused-ring (bicyclic) bond motifs is 6. The maximum absolute atomic E-state index is 11.6. The highest BCUT2D eigenvalue weighted by molar-refractivity contribution is 5.65. The van der Waals surface area contributed by atoms with Crippen molar-refractivity contribution in [1.82, 2.24) is 0 Å². The maximum atomic E-state index is 11.6. The number of methoxy groups -OCH3 is 1. The molecule has 0 saturated heterocycles. The fourth-order valence-corrected chi connectivity index (χ4v) is 8.68. The highest BCUT2D eigenvalue weighted by Gasteiger charge is 2.61. The summed E-state index contributed by atoms with van der Waals surface area (Å²) in [5.41, 5.74) is 2.45. The van der Waals surface area contributed by atoms with E-state index in [0.29, 0.717) is 40.4 Å². The number of benzene rings is 1. The monoisotopic (exact) mass is 454 g/mol. The second-order valence-electron chi connectivity index (χ2n) is 11.9. The fourth-order valence-electron chi connectivity index (χ4n) is 8.68. The second kappa shape index (κ2) is 7.64. The topological polar surface area (TPSA) is 68.2 Å². The molecule has 1 aromatic rings. The third-order valence-electron chi connectivity index (χ3n) is 10.5. The lowest BCUT2D eigenvalue weighted by Crippen LogP contribution is -2.54. The molecule has 2 N–H and O–H groups in total. The molecule has 0 radical (unpaired) electrons. The lowest BCUT2D eigenvalue weighted by Gasteiger charge is -2.60. The van der Waals surface area contributed by atoms with Crippen LogP contribution in [0.4, 0.5) is 0 Å². The molecule has 180 valence electrons. The molecule has 4 aliphatic carbocycles. The summed E-state index contributed by atoms with van der Waals surface area (Å²) in [7, 11) is 1.65. The van der Waals surface area contributed by atoms with E-state index in [1.807, 2.05) is 12.1 Å². The Balaban J connectivity index is 1.30. The number of ether oxygens (including phenoxy) is 3. The molecule has 6 rings (SSSR count). The summed E-state index contributed by atoms with van der Waals surface area (Å²) in [6, 6.07) is 3.98. The number of hydrogen-bond donors (Lipinski definition) is 2. The smallest absolute Gasteiger partial charge is 0.231 e. The SMILES string of the molecule is COc1cc(/C=C2/C[C@@H]3[C@H]4CC[C@H]5C[C@@H](O)CC[C@]5(C)[C@@H]4CC[C@@]3(C)[C@@H]2O)cc2c1OCO2. The Morgan fingerprint density at radius 1 is 1.00 bits per heavy atom. The normalized spacial score (nSPS) is 44.8. The van der Waals surface area contributed by atoms with Gasteiger partial charge in [0.15, 0.2) is 11.5 Å². The quantitative estimate of drug-likeness (QED) is 0.644. The van der Waals surface area contributed by atoms with Crippen molar-refractivity contribution in [2.45, 2.75) is 77.4 Å². The van der Waals surface area contributed by atoms with Gasteiger partial charge in [-0.2, -0.15) is 0 Å². The first-order valence-electron chi connectivity index (χ1n) is 12.9. The van der Waals surface area contributed by atoms with E-state index in [4.69, 9.17) is 14.2 Å². The minimum absolute atomic E-state index is 0.0508. The Morgan fingerprint density at radius 3 is 2.64 bits per heavy atom. The molecule has 8 atom stereocenters. The van der Waals surface area contributed by atoms with Crippen LogP contribution >= 0.6 is 0 Å². The van der Waals surface area contributed by atoms with Gasteiger partial charge in [-0.15, -0.1) is 0 Å². The van der Waals surface area contributed by atoms with Crippen molar-refractivity contribution in [1.29, 1.82) is 0 Å². The number of hydrogen-bond acceptors (Lipinski definition) is 5. The van der Waals surface area contributed by atoms with E-state index in [0.717, 1.165) is 49.2 Å². The van der Waals surface area contributed by atoms with E-state index in [1.54, 1.807) is 7.11 Å². The molecule has 4 saturated carbocycles. The van der Waals surface area contributed by atoms with E-state index >= 15 is 0 Å². The van der Waals surface area contributed by atoms with Crippen molar-refractivity contribution >= 4 is 6.08 Å². The molecular formula is C28H38O5. The van der Waals surface area contributed by atoms with E-state index in [1.165, 1.54) is 19.3 Å². The van der Waals surface area contributed by atoms with Gasteiger partial charge < -0.3 is 24.4 Å². The lowest BCUT2D eigenvalue weighted by atomic mass is 9.45. The molecule has 0 bridgehead atoms. The first-order chi connectivity index (χ1) is 15.8. The Kier molecular flexibility index (Phi) is 5.05. The molecule has 0 amide bonds. The molecule has 0 aromatic heterocycles. The van der Waals surface area contributed by atoms with Gasteiger partial charge in [0, 0.05) is 5.41 Å². The van der Waals surface area contributed by atoms with Gasteiger partial charge in [-0.25, -0.2) is 0 Å². The van der Waals surface area contributed by atoms with Crippen LogP contribution in [0.5, 0.6) is 17.2 Å². The van der Waals surface area contributed by atoms with E-state index < -0.39 is 6.10 Å². The second-order valence-corrected chi connectivity index (χ2v) is 11.9. The zero-order chi connectivity index (χ0) is 23.0. The summed E-state index contributed by atoms with van der Waals surface area (Å²) in [5, 5.41) is 21.8. The van der Waals surface area contributed by atoms with Crippen molar-refractivity contribution < 1.29 is 24.4 Å². The minimum Gasteiger partial charge on any atom is -0.493 e. The van der Waals surface area contributed by atoms with Crippen LogP contribution in [0.25, 0.3) is 6.08 Å². The first kappa shape index (κ1) is 21.8. The van der Waals surface area contributed by atoms with Crippen molar-refractivity contribution in [3.8, 4) is 17.2 Å². The summed E-state index contributed by atoms with van der Waals surface area (Å²) in [6.07, 6.45) is 10.5. The average Bonchev–Trinajstić information content (AvgIpc) is 3.37. The standard InChI is InChI=1S/C28H38O5/c1-27-8-6-19(29)14-18(27)4-5-20-21(27)7-9-28(2)22(20)13-17(26(28)30)10-16-11-23(31-3)25-24(12-16)32-15-33-25/h10-12,18-22,26,29-30H,4-9,13-15H2,1-3H3/b17-10-/t18-,19-,20-,21+,22+,26+,27-,28+/m0/s1. The molecule has 1 aromatic carbocycles. The highest BCUT2D eigenvalue weighted by atomic mass is 16.7. The Morgan fingerprint density at radius 2 is 1.82 bits per heavy atom. The van der Waals surface area contributed by atoms with E-state index in [-0.39, 0.29) is 18.3 Å². The third kappa shape index (κ3) is 3.18. The molecule has 5 aliphatic rings. The Labute approximate surface area is 197 Å². The molecule has 1 heterocycles. The van der Waals surface area contributed by atoms with Gasteiger partial charge in [0.25, 0.3) is 0 Å². The molecule has 0 spiro atoms. The zero-order valence-corrected chi connectivity index (χ0v) is 20.2. The van der Waals surface area contributed by atoms with Crippen LogP contribution < -0.4 is 14.2 Å². The van der Waals surface area contributed by atoms with Crippen LogP contribution in [-0.4, -0.2) is 36.3 Å². The van der Waals surface area contributed by atoms with Crippen molar-refractivity contribution in [2.75, 3.05) is 13.9 Å². The van der Waals surface area contributed by atoms with Gasteiger partial charge in [-0.3, -0.25) is 0 Å². The van der Waals surface area contributed by atoms with Crippen molar-refractivity contribution in [2.24, 2.45) is 34.5 Å². The molecular weight excluding hydrogens is 416 g/mol. The molecule has 0 unspecified atom stereocenters. The van der Waals surface area contributed by atoms with Gasteiger partial charge in [0.05, 0.1) is 19.3 Å². The molecule has 5 heteroatoms. The number of aliphatic hydroxyl groups is 2. The van der Waals surface area contributed by atoms with Gasteiger partial charge >= 0.3 is 0 Å². The minimum atomic E-state index is -0.404. The maximum Gasteiger partial charge on any atom is 0.231 e. The zero-order valence-electron chi connectivity index (χ0n) is 20.2. The van der Waals surface area contributed by atoms with Crippen molar-refractivity contribution in [3.63, 3.8) is 0 Å². The van der Waals surface area contributed by atoms with E-state index in [2.05, 4.69) is 19.9 Å². The van der Waals surface area contributed by atoms with Crippen LogP contribution in [-0.2, 0) is 0 Å². The van der Waals surface area contributed by atoms with Crippen LogP contribution in [0.3, 0.4) is 0 Å². The molecule has 1 aliphatic heterocycles. The predicted octanol–water partition coefficient (Wildman–Crippen LogP) is 5.18. The van der Waals surface area contributed by atoms with Gasteiger partial charge in [-0.1, -0.05) is 19.9 Å². The van der Waals surface area contributed by atoms with E-state index in [9.17, 15) is 10.2 Å². The summed E-state index contributed by atoms with van der Waals surface area (Å²) >= 11 is 0. The first-order valence-corrected chi connectivity index (χ1v) is 12.9. The molecule has 33 heavy (non-hydrogen) atoms. The van der Waals surface area contributed by atoms with Crippen LogP contribution in [0.2, 0.25) is 0 Å². The predicted molar refractivity (Wildman–Crippen MR) is 126 cm³/mol. The van der Waals surface area contributed by atoms with Gasteiger partial charge in [0.2, 0.25) is 12.5 Å². The molecule has 5 nitrogen and oxygen atoms in total. The fraction of sp³-hybridized carbons (Fsp3) is 0.714. The highest BCUT2D eigenvalue weighted by Crippen LogP contribution is 2.67. The summed E-state index contributed by atoms with van der Waals surface area (Å²) in [5.74, 6) is 4.64. The molecule has 4 fully saturated rings. The third-order valence-corrected chi connectivity index (χ3v) is 10.5. The lowest BCUT2D eigenvalue weighted by molar-refractivity contribution is -0.133. The number of aliphatic hydroxyl groups excluding tert-OH is 2. The summed E-state index contributed by atoms with van der Waals surface area (Å²) < 4.78 is 16.7. The summed E-state index contributed by atoms with van der Waals surface area (Å²) in [6.45, 7) is 5.07. The Hall–Kier alpha value is -1.72. The van der Waals surface area contributed by atoms with Crippen LogP contribution in [0, 0.1) is 34.5 Å². The van der Waals surface area contributed by atoms with Crippen LogP contribution in [0.15, 0.2) is 17.7 Å². The van der Waals surface area contributed by atoms with Crippen LogP contribution in [0.1, 0.15) is 70.8 Å². The van der Waals surface area contributed by atoms with Gasteiger partial charge in [-0.05, 0) is 104 Å². The summed E-state index contributed by atoms with van der Waals surface area (Å²) in [4.78, 5) is 0. The largest absolute Gasteiger partial charge is 0.493 e. The Bertz CT molecular complexity index is 971. The van der Waals surface area contributed by atoms with Crippen molar-refractivity contribution in [3.05, 3.63) is 23.3 Å². The average molecular weight is 455 g/mol. The van der Waals surface area contributed by atoms with Gasteiger partial charge in [0.1, 0.15) is 0 Å².